The number of rotatable bonds is 8. The van der Waals surface area contributed by atoms with E-state index in [1.807, 2.05) is 30.3 Å². The van der Waals surface area contributed by atoms with Gasteiger partial charge in [0.15, 0.2) is 0 Å². The quantitative estimate of drug-likeness (QED) is 0.745. The van der Waals surface area contributed by atoms with Crippen LogP contribution in [-0.2, 0) is 0 Å². The van der Waals surface area contributed by atoms with Crippen LogP contribution in [0.5, 0.6) is 5.75 Å². The van der Waals surface area contributed by atoms with Crippen LogP contribution in [0.1, 0.15) is 33.6 Å². The van der Waals surface area contributed by atoms with Gasteiger partial charge in [-0.2, -0.15) is 0 Å². The molecule has 0 amide bonds. The van der Waals surface area contributed by atoms with E-state index in [-0.39, 0.29) is 0 Å². The number of para-hydroxylation sites is 1. The number of nitrogens with one attached hydrogen (secondary N) is 1. The molecule has 0 radical (unpaired) electrons. The largest absolute Gasteiger partial charge is 0.494 e. The standard InChI is InChI=1S/C15H25NO/c1-4-13(3)15(16-5-2)11-12-17-14-9-7-6-8-10-14/h6-10,13,15-16H,4-5,11-12H2,1-3H3. The molecule has 0 fully saturated rings. The molecule has 0 saturated carbocycles. The van der Waals surface area contributed by atoms with Gasteiger partial charge in [-0.3, -0.25) is 0 Å². The maximum Gasteiger partial charge on any atom is 0.119 e. The summed E-state index contributed by atoms with van der Waals surface area (Å²) in [6.07, 6.45) is 2.28. The van der Waals surface area contributed by atoms with E-state index in [0.717, 1.165) is 25.3 Å². The molecular weight excluding hydrogens is 210 g/mol. The van der Waals surface area contributed by atoms with Crippen LogP contribution < -0.4 is 10.1 Å². The van der Waals surface area contributed by atoms with Crippen molar-refractivity contribution in [1.29, 1.82) is 0 Å². The zero-order chi connectivity index (χ0) is 12.5. The maximum atomic E-state index is 5.74. The molecule has 2 unspecified atom stereocenters. The van der Waals surface area contributed by atoms with Crippen LogP contribution >= 0.6 is 0 Å². The second kappa shape index (κ2) is 8.13. The Kier molecular flexibility index (Phi) is 6.71. The van der Waals surface area contributed by atoms with Crippen LogP contribution in [0.2, 0.25) is 0 Å². The monoisotopic (exact) mass is 235 g/mol. The lowest BCUT2D eigenvalue weighted by molar-refractivity contribution is 0.256. The first kappa shape index (κ1) is 14.0. The summed E-state index contributed by atoms with van der Waals surface area (Å²) < 4.78 is 5.74. The summed E-state index contributed by atoms with van der Waals surface area (Å²) in [7, 11) is 0. The number of benzene rings is 1. The number of hydrogen-bond acceptors (Lipinski definition) is 2. The normalized spacial score (nSPS) is 14.3. The lowest BCUT2D eigenvalue weighted by Crippen LogP contribution is -2.36. The Hall–Kier alpha value is -1.02. The topological polar surface area (TPSA) is 21.3 Å². The lowest BCUT2D eigenvalue weighted by Gasteiger charge is -2.23. The van der Waals surface area contributed by atoms with Gasteiger partial charge in [-0.05, 0) is 31.0 Å². The minimum absolute atomic E-state index is 0.564. The molecule has 0 aliphatic carbocycles. The predicted octanol–water partition coefficient (Wildman–Crippen LogP) is 3.48. The maximum absolute atomic E-state index is 5.74. The SMILES string of the molecule is CCNC(CCOc1ccccc1)C(C)CC. The van der Waals surface area contributed by atoms with Crippen molar-refractivity contribution in [1.82, 2.24) is 5.32 Å². The van der Waals surface area contributed by atoms with Crippen molar-refractivity contribution < 1.29 is 4.74 Å². The first-order valence-electron chi connectivity index (χ1n) is 6.69. The summed E-state index contributed by atoms with van der Waals surface area (Å²) in [5.41, 5.74) is 0. The average molecular weight is 235 g/mol. The van der Waals surface area contributed by atoms with Crippen molar-refractivity contribution in [3.05, 3.63) is 30.3 Å². The van der Waals surface area contributed by atoms with Crippen LogP contribution in [0, 0.1) is 5.92 Å². The summed E-state index contributed by atoms with van der Waals surface area (Å²) >= 11 is 0. The summed E-state index contributed by atoms with van der Waals surface area (Å²) in [6.45, 7) is 8.52. The van der Waals surface area contributed by atoms with Crippen LogP contribution in [0.25, 0.3) is 0 Å². The van der Waals surface area contributed by atoms with E-state index in [1.54, 1.807) is 0 Å². The van der Waals surface area contributed by atoms with E-state index in [2.05, 4.69) is 26.1 Å². The fourth-order valence-electron chi connectivity index (χ4n) is 1.95. The zero-order valence-corrected chi connectivity index (χ0v) is 11.3. The van der Waals surface area contributed by atoms with Gasteiger partial charge in [0.1, 0.15) is 5.75 Å². The highest BCUT2D eigenvalue weighted by Crippen LogP contribution is 2.13. The second-order valence-electron chi connectivity index (χ2n) is 4.50. The Morgan fingerprint density at radius 2 is 1.88 bits per heavy atom. The fourth-order valence-corrected chi connectivity index (χ4v) is 1.95. The molecule has 1 aromatic carbocycles. The summed E-state index contributed by atoms with van der Waals surface area (Å²) in [6, 6.07) is 10.6. The van der Waals surface area contributed by atoms with Gasteiger partial charge in [0.25, 0.3) is 0 Å². The highest BCUT2D eigenvalue weighted by Gasteiger charge is 2.14. The minimum atomic E-state index is 0.564. The molecule has 2 atom stereocenters. The van der Waals surface area contributed by atoms with E-state index in [0.29, 0.717) is 12.0 Å². The van der Waals surface area contributed by atoms with Crippen molar-refractivity contribution in [2.45, 2.75) is 39.7 Å². The van der Waals surface area contributed by atoms with Gasteiger partial charge in [-0.1, -0.05) is 45.4 Å². The predicted molar refractivity (Wildman–Crippen MR) is 73.5 cm³/mol. The molecule has 0 aliphatic rings. The van der Waals surface area contributed by atoms with Crippen LogP contribution in [0.4, 0.5) is 0 Å². The molecule has 17 heavy (non-hydrogen) atoms. The zero-order valence-electron chi connectivity index (χ0n) is 11.3. The van der Waals surface area contributed by atoms with Gasteiger partial charge in [0, 0.05) is 6.04 Å². The van der Waals surface area contributed by atoms with E-state index in [9.17, 15) is 0 Å². The molecule has 2 nitrogen and oxygen atoms in total. The molecular formula is C15H25NO. The molecule has 0 aromatic heterocycles. The highest BCUT2D eigenvalue weighted by atomic mass is 16.5. The smallest absolute Gasteiger partial charge is 0.119 e. The van der Waals surface area contributed by atoms with Crippen molar-refractivity contribution in [3.63, 3.8) is 0 Å². The van der Waals surface area contributed by atoms with Crippen molar-refractivity contribution >= 4 is 0 Å². The molecule has 1 rings (SSSR count). The van der Waals surface area contributed by atoms with Crippen LogP contribution in [-0.4, -0.2) is 19.2 Å². The Balaban J connectivity index is 2.32. The number of hydrogen-bond donors (Lipinski definition) is 1. The highest BCUT2D eigenvalue weighted by molar-refractivity contribution is 5.20. The molecule has 0 spiro atoms. The molecule has 0 saturated heterocycles. The Morgan fingerprint density at radius 3 is 2.47 bits per heavy atom. The molecule has 0 heterocycles. The van der Waals surface area contributed by atoms with Gasteiger partial charge in [0.05, 0.1) is 6.61 Å². The van der Waals surface area contributed by atoms with Gasteiger partial charge >= 0.3 is 0 Å². The third-order valence-electron chi connectivity index (χ3n) is 3.24. The lowest BCUT2D eigenvalue weighted by atomic mass is 9.96. The molecule has 0 bridgehead atoms. The Labute approximate surface area is 105 Å². The van der Waals surface area contributed by atoms with Crippen molar-refractivity contribution in [2.75, 3.05) is 13.2 Å². The Bertz CT molecular complexity index is 286. The van der Waals surface area contributed by atoms with Gasteiger partial charge in [-0.25, -0.2) is 0 Å². The molecule has 2 heteroatoms. The van der Waals surface area contributed by atoms with Crippen LogP contribution in [0.3, 0.4) is 0 Å². The fraction of sp³-hybridized carbons (Fsp3) is 0.600. The minimum Gasteiger partial charge on any atom is -0.494 e. The van der Waals surface area contributed by atoms with E-state index in [1.165, 1.54) is 6.42 Å². The molecule has 0 aliphatic heterocycles. The Morgan fingerprint density at radius 1 is 1.18 bits per heavy atom. The first-order chi connectivity index (χ1) is 8.27. The van der Waals surface area contributed by atoms with Crippen molar-refractivity contribution in [2.24, 2.45) is 5.92 Å². The summed E-state index contributed by atoms with van der Waals surface area (Å²) in [5.74, 6) is 1.67. The first-order valence-corrected chi connectivity index (χ1v) is 6.69. The van der Waals surface area contributed by atoms with E-state index in [4.69, 9.17) is 4.74 Å². The van der Waals surface area contributed by atoms with Gasteiger partial charge in [0.2, 0.25) is 0 Å². The van der Waals surface area contributed by atoms with E-state index < -0.39 is 0 Å². The van der Waals surface area contributed by atoms with Gasteiger partial charge in [-0.15, -0.1) is 0 Å². The third kappa shape index (κ3) is 5.22. The second-order valence-corrected chi connectivity index (χ2v) is 4.50. The van der Waals surface area contributed by atoms with E-state index >= 15 is 0 Å². The van der Waals surface area contributed by atoms with Crippen molar-refractivity contribution in [3.8, 4) is 5.75 Å². The van der Waals surface area contributed by atoms with Gasteiger partial charge < -0.3 is 10.1 Å². The molecule has 96 valence electrons. The molecule has 1 aromatic rings. The molecule has 1 N–H and O–H groups in total. The average Bonchev–Trinajstić information content (AvgIpc) is 2.38. The summed E-state index contributed by atoms with van der Waals surface area (Å²) in [5, 5.41) is 3.54. The summed E-state index contributed by atoms with van der Waals surface area (Å²) in [4.78, 5) is 0. The van der Waals surface area contributed by atoms with Crippen LogP contribution in [0.15, 0.2) is 30.3 Å². The third-order valence-corrected chi connectivity index (χ3v) is 3.24. The number of ether oxygens (including phenoxy) is 1.